The van der Waals surface area contributed by atoms with Crippen LogP contribution in [0.25, 0.3) is 0 Å². The molecule has 0 heterocycles. The van der Waals surface area contributed by atoms with Crippen LogP contribution in [0.2, 0.25) is 19.1 Å². The smallest absolute Gasteiger partial charge is 0.460 e. The van der Waals surface area contributed by atoms with Crippen LogP contribution in [0.3, 0.4) is 0 Å². The van der Waals surface area contributed by atoms with E-state index in [9.17, 15) is 74.6 Å². The predicted molar refractivity (Wildman–Crippen MR) is 75.7 cm³/mol. The first-order valence-corrected chi connectivity index (χ1v) is 11.0. The van der Waals surface area contributed by atoms with E-state index < -0.39 is 68.4 Å². The zero-order valence-electron chi connectivity index (χ0n) is 15.8. The van der Waals surface area contributed by atoms with Crippen LogP contribution in [0, 0.1) is 0 Å². The van der Waals surface area contributed by atoms with Gasteiger partial charge in [0, 0.05) is 25.6 Å². The van der Waals surface area contributed by atoms with Crippen LogP contribution in [0.1, 0.15) is 6.42 Å². The van der Waals surface area contributed by atoms with Gasteiger partial charge in [0.25, 0.3) is 0 Å². The Bertz CT molecular complexity index is 666. The summed E-state index contributed by atoms with van der Waals surface area (Å²) in [7, 11) is -2.22. The third-order valence-corrected chi connectivity index (χ3v) is 7.13. The molecule has 0 saturated carbocycles. The maximum absolute atomic E-state index is 13.7. The zero-order valence-corrected chi connectivity index (χ0v) is 16.8. The van der Waals surface area contributed by atoms with Crippen molar-refractivity contribution in [2.24, 2.45) is 0 Å². The number of rotatable bonds is 10. The fraction of sp³-hybridized carbons (Fsp3) is 1.00. The largest absolute Gasteiger partial charge is 0.533 e. The summed E-state index contributed by atoms with van der Waals surface area (Å²) < 4.78 is 226. The summed E-state index contributed by atoms with van der Waals surface area (Å²) >= 11 is 0. The molecule has 0 aliphatic heterocycles. The Kier molecular flexibility index (Phi) is 7.78. The SMILES string of the molecule is C[OH+][Si](C)(C)CCC(F)(F)C(F)(F)C(F)(F)C(F)(F)C(F)(F)C(F)(F)C(F)(F)C(F)(F)F. The van der Waals surface area contributed by atoms with Crippen molar-refractivity contribution in [3.05, 3.63) is 0 Å². The van der Waals surface area contributed by atoms with Gasteiger partial charge < -0.3 is 4.43 Å². The highest BCUT2D eigenvalue weighted by Crippen LogP contribution is 2.64. The average Bonchev–Trinajstić information content (AvgIpc) is 2.58. The summed E-state index contributed by atoms with van der Waals surface area (Å²) in [5.41, 5.74) is 0. The van der Waals surface area contributed by atoms with E-state index in [-0.39, 0.29) is 0 Å². The molecule has 0 aromatic carbocycles. The summed E-state index contributed by atoms with van der Waals surface area (Å²) in [6, 6.07) is -1.15. The van der Waals surface area contributed by atoms with Gasteiger partial charge in [0.2, 0.25) is 0 Å². The van der Waals surface area contributed by atoms with Crippen molar-refractivity contribution in [2.45, 2.75) is 73.2 Å². The Balaban J connectivity index is 6.53. The van der Waals surface area contributed by atoms with Gasteiger partial charge >= 0.3 is 56.0 Å². The quantitative estimate of drug-likeness (QED) is 0.166. The molecular weight excluding hydrogens is 523 g/mol. The van der Waals surface area contributed by atoms with Gasteiger partial charge in [0.1, 0.15) is 7.11 Å². The first-order chi connectivity index (χ1) is 13.5. The van der Waals surface area contributed by atoms with E-state index in [1.165, 1.54) is 0 Å². The minimum absolute atomic E-state index is 0.981. The van der Waals surface area contributed by atoms with E-state index in [0.29, 0.717) is 0 Å². The summed E-state index contributed by atoms with van der Waals surface area (Å²) in [6.45, 7) is 2.17. The van der Waals surface area contributed by atoms with Crippen molar-refractivity contribution in [2.75, 3.05) is 7.11 Å². The number of halogens is 17. The third-order valence-electron chi connectivity index (χ3n) is 4.44. The molecule has 0 aromatic rings. The van der Waals surface area contributed by atoms with Crippen LogP contribution in [0.15, 0.2) is 0 Å². The van der Waals surface area contributed by atoms with Gasteiger partial charge in [-0.1, -0.05) is 0 Å². The highest BCUT2D eigenvalue weighted by atomic mass is 28.4. The molecular formula is C13H14F17OSi+. The molecule has 19 heteroatoms. The van der Waals surface area contributed by atoms with Crippen molar-refractivity contribution < 1.29 is 79.1 Å². The molecule has 0 bridgehead atoms. The number of aliphatic hydroxyl groups is 1. The second-order valence-corrected chi connectivity index (χ2v) is 11.8. The van der Waals surface area contributed by atoms with Crippen molar-refractivity contribution >= 4 is 8.32 Å². The van der Waals surface area contributed by atoms with Gasteiger partial charge in [-0.3, -0.25) is 0 Å². The first kappa shape index (κ1) is 31.0. The van der Waals surface area contributed by atoms with Crippen LogP contribution in [-0.2, 0) is 0 Å². The molecule has 0 amide bonds. The van der Waals surface area contributed by atoms with E-state index in [0.717, 1.165) is 20.2 Å². The van der Waals surface area contributed by atoms with Crippen LogP contribution >= 0.6 is 0 Å². The fourth-order valence-corrected chi connectivity index (χ4v) is 3.08. The Labute approximate surface area is 169 Å². The van der Waals surface area contributed by atoms with Crippen LogP contribution in [-0.4, -0.2) is 67.5 Å². The molecule has 0 aliphatic carbocycles. The fourth-order valence-electron chi connectivity index (χ4n) is 1.93. The first-order valence-electron chi connectivity index (χ1n) is 7.84. The van der Waals surface area contributed by atoms with Crippen LogP contribution in [0.5, 0.6) is 0 Å². The lowest BCUT2D eigenvalue weighted by atomic mass is 9.88. The van der Waals surface area contributed by atoms with Gasteiger partial charge in [0.15, 0.2) is 0 Å². The highest BCUT2D eigenvalue weighted by Gasteiger charge is 2.95. The molecule has 0 spiro atoms. The van der Waals surface area contributed by atoms with Gasteiger partial charge in [-0.25, -0.2) is 0 Å². The highest BCUT2D eigenvalue weighted by molar-refractivity contribution is 6.70. The molecule has 32 heavy (non-hydrogen) atoms. The Morgan fingerprint density at radius 2 is 0.781 bits per heavy atom. The summed E-state index contributed by atoms with van der Waals surface area (Å²) in [6.07, 6.45) is -10.2. The summed E-state index contributed by atoms with van der Waals surface area (Å²) in [5, 5.41) is 0. The molecule has 1 nitrogen and oxygen atoms in total. The molecule has 1 N–H and O–H groups in total. The second-order valence-electron chi connectivity index (χ2n) is 7.18. The van der Waals surface area contributed by atoms with Gasteiger partial charge in [-0.2, -0.15) is 74.6 Å². The average molecular weight is 537 g/mol. The summed E-state index contributed by atoms with van der Waals surface area (Å²) in [4.78, 5) is 0. The number of alkyl halides is 17. The maximum Gasteiger partial charge on any atom is 0.460 e. The minimum Gasteiger partial charge on any atom is -0.533 e. The van der Waals surface area contributed by atoms with Crippen molar-refractivity contribution in [3.63, 3.8) is 0 Å². The van der Waals surface area contributed by atoms with Gasteiger partial charge in [-0.15, -0.1) is 0 Å². The van der Waals surface area contributed by atoms with Crippen molar-refractivity contribution in [3.8, 4) is 0 Å². The molecule has 0 aliphatic rings. The van der Waals surface area contributed by atoms with Crippen LogP contribution in [0.4, 0.5) is 74.6 Å². The molecule has 0 aromatic heterocycles. The zero-order chi connectivity index (χ0) is 26.6. The van der Waals surface area contributed by atoms with E-state index in [4.69, 9.17) is 0 Å². The Morgan fingerprint density at radius 3 is 1.06 bits per heavy atom. The molecule has 0 unspecified atom stereocenters. The summed E-state index contributed by atoms with van der Waals surface area (Å²) in [5.74, 6) is -55.9. The van der Waals surface area contributed by atoms with Crippen molar-refractivity contribution in [1.29, 1.82) is 0 Å². The van der Waals surface area contributed by atoms with E-state index >= 15 is 0 Å². The Hall–Kier alpha value is -1.01. The molecule has 194 valence electrons. The van der Waals surface area contributed by atoms with Crippen molar-refractivity contribution in [1.82, 2.24) is 0 Å². The standard InChI is InChI=1S/C13H13F17OSi/c1-31-32(2,3)5-4-6(14,15)7(16,17)8(18,19)9(20,21)10(22,23)11(24,25)12(26,27)13(28,29)30/h4-5H2,1-3H3/p+1. The molecule has 0 saturated heterocycles. The molecule has 0 radical (unpaired) electrons. The van der Waals surface area contributed by atoms with Gasteiger partial charge in [0.05, 0.1) is 0 Å². The van der Waals surface area contributed by atoms with E-state index in [1.807, 2.05) is 0 Å². The normalized spacial score (nSPS) is 16.5. The number of hydrogen-bond acceptors (Lipinski definition) is 0. The van der Waals surface area contributed by atoms with Gasteiger partial charge in [-0.05, 0) is 0 Å². The second kappa shape index (κ2) is 8.04. The monoisotopic (exact) mass is 537 g/mol. The lowest BCUT2D eigenvalue weighted by Gasteiger charge is -2.42. The van der Waals surface area contributed by atoms with E-state index in [2.05, 4.69) is 4.43 Å². The molecule has 0 rings (SSSR count). The van der Waals surface area contributed by atoms with E-state index in [1.54, 1.807) is 0 Å². The maximum atomic E-state index is 13.7. The minimum atomic E-state index is -8.59. The Morgan fingerprint density at radius 1 is 0.500 bits per heavy atom. The third kappa shape index (κ3) is 4.38. The molecule has 0 fully saturated rings. The lowest BCUT2D eigenvalue weighted by Crippen LogP contribution is -2.74. The predicted octanol–water partition coefficient (Wildman–Crippen LogP) is 6.75. The topological polar surface area (TPSA) is 12.8 Å². The number of hydrogen-bond donors (Lipinski definition) is 0. The lowest BCUT2D eigenvalue weighted by molar-refractivity contribution is -0.461. The molecule has 0 atom stereocenters. The van der Waals surface area contributed by atoms with Crippen LogP contribution < -0.4 is 0 Å².